The summed E-state index contributed by atoms with van der Waals surface area (Å²) in [6, 6.07) is 9.20. The Labute approximate surface area is 219 Å². The number of amides is 1. The second kappa shape index (κ2) is 11.9. The van der Waals surface area contributed by atoms with Crippen molar-refractivity contribution in [1.82, 2.24) is 10.3 Å². The molecule has 196 valence electrons. The number of carboxylic acid groups (broad SMARTS) is 1. The number of nitrogens with one attached hydrogen (secondary N) is 2. The Hall–Kier alpha value is -3.22. The number of rotatable bonds is 13. The van der Waals surface area contributed by atoms with Crippen LogP contribution in [-0.4, -0.2) is 40.8 Å². The highest BCUT2D eigenvalue weighted by molar-refractivity contribution is 5.98. The maximum Gasteiger partial charge on any atom is 0.326 e. The molecule has 2 aliphatic heterocycles. The van der Waals surface area contributed by atoms with Gasteiger partial charge in [0.15, 0.2) is 0 Å². The fourth-order valence-electron chi connectivity index (χ4n) is 5.42. The smallest absolute Gasteiger partial charge is 0.326 e. The second-order valence-corrected chi connectivity index (χ2v) is 10.8. The molecule has 1 aromatic carbocycles. The van der Waals surface area contributed by atoms with Crippen LogP contribution in [0.15, 0.2) is 35.3 Å². The van der Waals surface area contributed by atoms with Crippen molar-refractivity contribution in [3.8, 4) is 0 Å². The van der Waals surface area contributed by atoms with Crippen LogP contribution < -0.4 is 10.6 Å². The molecule has 2 unspecified atom stereocenters. The summed E-state index contributed by atoms with van der Waals surface area (Å²) in [7, 11) is 0. The number of pyridine rings is 1. The van der Waals surface area contributed by atoms with Gasteiger partial charge in [0, 0.05) is 24.0 Å². The quantitative estimate of drug-likeness (QED) is 0.315. The number of benzene rings is 1. The Morgan fingerprint density at radius 3 is 2.76 bits per heavy atom. The minimum atomic E-state index is -0.975. The molecule has 1 fully saturated rings. The number of hydrogen-bond acceptors (Lipinski definition) is 5. The molecular weight excluding hydrogens is 464 g/mol. The Bertz CT molecular complexity index is 1160. The number of nitrogens with zero attached hydrogens (tertiary/aromatic N) is 2. The number of carbonyl (C=O) groups is 2. The lowest BCUT2D eigenvalue weighted by molar-refractivity contribution is -0.139. The number of aliphatic carboxylic acids is 1. The third kappa shape index (κ3) is 6.76. The van der Waals surface area contributed by atoms with Gasteiger partial charge >= 0.3 is 5.97 Å². The lowest BCUT2D eigenvalue weighted by Crippen LogP contribution is -2.40. The standard InChI is InChI=1S/C30H38N4O3/c35-29(22-12-13-23-19-32-27(25(23)18-22)17-20-10-11-20)34-26(30(36)37)9-5-3-1-2-4-8-24-15-14-21-7-6-16-31-28(21)33-24/h12-15,18-20,26-27H,1-11,16-17H2,(H,31,33)(H,34,35)(H,36,37). The van der Waals surface area contributed by atoms with E-state index in [4.69, 9.17) is 4.98 Å². The highest BCUT2D eigenvalue weighted by Crippen LogP contribution is 2.41. The summed E-state index contributed by atoms with van der Waals surface area (Å²) in [4.78, 5) is 34.1. The molecule has 1 aromatic heterocycles. The van der Waals surface area contributed by atoms with Gasteiger partial charge in [0.05, 0.1) is 6.04 Å². The number of unbranched alkanes of at least 4 members (excludes halogenated alkanes) is 4. The molecule has 37 heavy (non-hydrogen) atoms. The molecule has 0 radical (unpaired) electrons. The minimum absolute atomic E-state index is 0.130. The van der Waals surface area contributed by atoms with E-state index in [-0.39, 0.29) is 11.9 Å². The predicted molar refractivity (Wildman–Crippen MR) is 145 cm³/mol. The molecule has 3 N–H and O–H groups in total. The normalized spacial score (nSPS) is 18.5. The zero-order valence-corrected chi connectivity index (χ0v) is 21.5. The average Bonchev–Trinajstić information content (AvgIpc) is 3.65. The van der Waals surface area contributed by atoms with E-state index in [1.807, 2.05) is 18.3 Å². The van der Waals surface area contributed by atoms with Gasteiger partial charge in [-0.25, -0.2) is 9.78 Å². The van der Waals surface area contributed by atoms with Crippen LogP contribution in [-0.2, 0) is 17.6 Å². The lowest BCUT2D eigenvalue weighted by Gasteiger charge is -2.17. The van der Waals surface area contributed by atoms with Gasteiger partial charge in [0.25, 0.3) is 5.91 Å². The molecule has 7 heteroatoms. The summed E-state index contributed by atoms with van der Waals surface area (Å²) in [5.41, 5.74) is 5.13. The molecule has 2 atom stereocenters. The highest BCUT2D eigenvalue weighted by Gasteiger charge is 2.29. The number of hydrogen-bond donors (Lipinski definition) is 3. The van der Waals surface area contributed by atoms with E-state index in [1.54, 1.807) is 6.07 Å². The molecular formula is C30H38N4O3. The van der Waals surface area contributed by atoms with Crippen LogP contribution in [0.3, 0.4) is 0 Å². The monoisotopic (exact) mass is 502 g/mol. The number of aryl methyl sites for hydroxylation is 2. The van der Waals surface area contributed by atoms with Gasteiger partial charge in [-0.1, -0.05) is 50.7 Å². The van der Waals surface area contributed by atoms with E-state index in [2.05, 4.69) is 27.8 Å². The molecule has 1 amide bonds. The van der Waals surface area contributed by atoms with Crippen molar-refractivity contribution < 1.29 is 14.7 Å². The fraction of sp³-hybridized carbons (Fsp3) is 0.533. The first-order valence-corrected chi connectivity index (χ1v) is 14.0. The van der Waals surface area contributed by atoms with Gasteiger partial charge in [-0.2, -0.15) is 0 Å². The fourth-order valence-corrected chi connectivity index (χ4v) is 5.42. The Balaban J connectivity index is 1.03. The Kier molecular flexibility index (Phi) is 8.17. The summed E-state index contributed by atoms with van der Waals surface area (Å²) in [6.07, 6.45) is 14.1. The molecule has 7 nitrogen and oxygen atoms in total. The Morgan fingerprint density at radius 1 is 1.08 bits per heavy atom. The minimum Gasteiger partial charge on any atom is -0.480 e. The third-order valence-corrected chi connectivity index (χ3v) is 7.84. The summed E-state index contributed by atoms with van der Waals surface area (Å²) in [5, 5.41) is 15.8. The van der Waals surface area contributed by atoms with Gasteiger partial charge in [0.1, 0.15) is 11.9 Å². The first-order valence-electron chi connectivity index (χ1n) is 14.0. The third-order valence-electron chi connectivity index (χ3n) is 7.84. The molecule has 1 aliphatic carbocycles. The number of fused-ring (bicyclic) bond motifs is 2. The molecule has 5 rings (SSSR count). The topological polar surface area (TPSA) is 104 Å². The summed E-state index contributed by atoms with van der Waals surface area (Å²) >= 11 is 0. The lowest BCUT2D eigenvalue weighted by atomic mass is 9.97. The first kappa shape index (κ1) is 25.4. The van der Waals surface area contributed by atoms with Crippen LogP contribution in [0.5, 0.6) is 0 Å². The van der Waals surface area contributed by atoms with Gasteiger partial charge in [-0.3, -0.25) is 9.79 Å². The summed E-state index contributed by atoms with van der Waals surface area (Å²) in [5.74, 6) is 0.507. The summed E-state index contributed by atoms with van der Waals surface area (Å²) in [6.45, 7) is 1.00. The van der Waals surface area contributed by atoms with E-state index in [0.717, 1.165) is 86.5 Å². The largest absolute Gasteiger partial charge is 0.480 e. The summed E-state index contributed by atoms with van der Waals surface area (Å²) < 4.78 is 0. The van der Waals surface area contributed by atoms with E-state index >= 15 is 0 Å². The average molecular weight is 503 g/mol. The molecule has 0 spiro atoms. The van der Waals surface area contributed by atoms with Crippen molar-refractivity contribution in [2.24, 2.45) is 10.9 Å². The van der Waals surface area contributed by atoms with Crippen molar-refractivity contribution >= 4 is 23.9 Å². The van der Waals surface area contributed by atoms with E-state index in [0.29, 0.717) is 12.0 Å². The van der Waals surface area contributed by atoms with Gasteiger partial charge in [-0.05, 0) is 79.3 Å². The van der Waals surface area contributed by atoms with E-state index in [1.165, 1.54) is 24.8 Å². The predicted octanol–water partition coefficient (Wildman–Crippen LogP) is 5.48. The zero-order chi connectivity index (χ0) is 25.6. The van der Waals surface area contributed by atoms with Gasteiger partial charge in [0.2, 0.25) is 0 Å². The van der Waals surface area contributed by atoms with Crippen LogP contribution in [0.2, 0.25) is 0 Å². The maximum atomic E-state index is 12.9. The van der Waals surface area contributed by atoms with Crippen LogP contribution >= 0.6 is 0 Å². The second-order valence-electron chi connectivity index (χ2n) is 10.8. The van der Waals surface area contributed by atoms with Crippen LogP contribution in [0, 0.1) is 5.92 Å². The van der Waals surface area contributed by atoms with Gasteiger partial charge < -0.3 is 15.7 Å². The molecule has 1 saturated carbocycles. The number of aliphatic imine (C=N–C) groups is 1. The number of carboxylic acids is 1. The first-order chi connectivity index (χ1) is 18.1. The number of anilines is 1. The number of carbonyl (C=O) groups excluding carboxylic acids is 1. The maximum absolute atomic E-state index is 12.9. The highest BCUT2D eigenvalue weighted by atomic mass is 16.4. The molecule has 0 bridgehead atoms. The van der Waals surface area contributed by atoms with E-state index in [9.17, 15) is 14.7 Å². The van der Waals surface area contributed by atoms with Crippen molar-refractivity contribution in [3.63, 3.8) is 0 Å². The zero-order valence-electron chi connectivity index (χ0n) is 21.5. The molecule has 3 heterocycles. The number of aromatic nitrogens is 1. The molecule has 0 saturated heterocycles. The van der Waals surface area contributed by atoms with Crippen molar-refractivity contribution in [3.05, 3.63) is 58.3 Å². The van der Waals surface area contributed by atoms with Crippen molar-refractivity contribution in [2.45, 2.75) is 89.1 Å². The van der Waals surface area contributed by atoms with Crippen LogP contribution in [0.25, 0.3) is 0 Å². The van der Waals surface area contributed by atoms with E-state index < -0.39 is 12.0 Å². The van der Waals surface area contributed by atoms with Crippen LogP contribution in [0.4, 0.5) is 5.82 Å². The SMILES string of the molecule is O=C(NC(CCCCCCCc1ccc2c(n1)NCCC2)C(=O)O)c1ccc2c(c1)C(CC1CC1)N=C2. The molecule has 2 aromatic rings. The van der Waals surface area contributed by atoms with Crippen LogP contribution in [0.1, 0.15) is 103 Å². The van der Waals surface area contributed by atoms with Crippen molar-refractivity contribution in [2.75, 3.05) is 11.9 Å². The van der Waals surface area contributed by atoms with Crippen molar-refractivity contribution in [1.29, 1.82) is 0 Å². The molecule has 3 aliphatic rings. The Morgan fingerprint density at radius 2 is 1.92 bits per heavy atom. The van der Waals surface area contributed by atoms with Gasteiger partial charge in [-0.15, -0.1) is 0 Å².